The number of rotatable bonds is 9. The van der Waals surface area contributed by atoms with Crippen LogP contribution >= 0.6 is 39.9 Å². The van der Waals surface area contributed by atoms with Crippen LogP contribution in [-0.4, -0.2) is 51.8 Å². The number of hydrogen-bond acceptors (Lipinski definition) is 3. The Labute approximate surface area is 169 Å². The number of carbonyl (C=O) groups excluding carboxylic acids is 1. The SMILES string of the molecule is CCNC(=NCCCOC)NCCNC(=O)c1cccc(Br)c1.I. The summed E-state index contributed by atoms with van der Waals surface area (Å²) in [4.78, 5) is 16.4. The summed E-state index contributed by atoms with van der Waals surface area (Å²) >= 11 is 3.36. The lowest BCUT2D eigenvalue weighted by molar-refractivity contribution is 0.0954. The van der Waals surface area contributed by atoms with E-state index in [1.165, 1.54) is 0 Å². The molecule has 24 heavy (non-hydrogen) atoms. The number of carbonyl (C=O) groups is 1. The molecule has 1 amide bonds. The molecule has 8 heteroatoms. The Morgan fingerprint density at radius 3 is 2.67 bits per heavy atom. The number of nitrogens with one attached hydrogen (secondary N) is 3. The van der Waals surface area contributed by atoms with E-state index in [0.717, 1.165) is 23.4 Å². The average molecular weight is 513 g/mol. The highest BCUT2D eigenvalue weighted by Crippen LogP contribution is 2.11. The van der Waals surface area contributed by atoms with Crippen molar-refractivity contribution in [3.05, 3.63) is 34.3 Å². The molecule has 1 rings (SSSR count). The predicted octanol–water partition coefficient (Wildman–Crippen LogP) is 2.39. The Morgan fingerprint density at radius 1 is 1.25 bits per heavy atom. The van der Waals surface area contributed by atoms with Crippen LogP contribution in [0.15, 0.2) is 33.7 Å². The lowest BCUT2D eigenvalue weighted by atomic mass is 10.2. The molecule has 0 atom stereocenters. The van der Waals surface area contributed by atoms with Crippen LogP contribution in [-0.2, 0) is 4.74 Å². The van der Waals surface area contributed by atoms with Crippen molar-refractivity contribution in [3.8, 4) is 0 Å². The molecule has 0 saturated carbocycles. The Kier molecular flexibility index (Phi) is 13.9. The summed E-state index contributed by atoms with van der Waals surface area (Å²) in [5.74, 6) is 0.662. The zero-order valence-corrected chi connectivity index (χ0v) is 18.0. The van der Waals surface area contributed by atoms with Crippen molar-refractivity contribution in [2.75, 3.05) is 39.9 Å². The fourth-order valence-corrected chi connectivity index (χ4v) is 2.23. The monoisotopic (exact) mass is 512 g/mol. The van der Waals surface area contributed by atoms with Crippen molar-refractivity contribution >= 4 is 51.8 Å². The van der Waals surface area contributed by atoms with Crippen LogP contribution in [0.1, 0.15) is 23.7 Å². The van der Waals surface area contributed by atoms with Gasteiger partial charge in [0.1, 0.15) is 0 Å². The van der Waals surface area contributed by atoms with Gasteiger partial charge in [0.2, 0.25) is 0 Å². The summed E-state index contributed by atoms with van der Waals surface area (Å²) in [5.41, 5.74) is 0.638. The zero-order valence-electron chi connectivity index (χ0n) is 14.1. The summed E-state index contributed by atoms with van der Waals surface area (Å²) in [6.07, 6.45) is 0.882. The van der Waals surface area contributed by atoms with E-state index in [0.29, 0.717) is 31.8 Å². The lowest BCUT2D eigenvalue weighted by Crippen LogP contribution is -2.41. The maximum atomic E-state index is 12.0. The Bertz CT molecular complexity index is 515. The zero-order chi connectivity index (χ0) is 16.9. The molecule has 0 aliphatic heterocycles. The van der Waals surface area contributed by atoms with E-state index >= 15 is 0 Å². The minimum Gasteiger partial charge on any atom is -0.385 e. The van der Waals surface area contributed by atoms with E-state index in [4.69, 9.17) is 4.74 Å². The number of hydrogen-bond donors (Lipinski definition) is 3. The summed E-state index contributed by atoms with van der Waals surface area (Å²) in [6.45, 7) is 5.34. The molecule has 0 radical (unpaired) electrons. The summed E-state index contributed by atoms with van der Waals surface area (Å²) in [6, 6.07) is 7.31. The van der Waals surface area contributed by atoms with Gasteiger partial charge in [0.05, 0.1) is 0 Å². The molecule has 0 bridgehead atoms. The van der Waals surface area contributed by atoms with E-state index in [1.807, 2.05) is 19.1 Å². The summed E-state index contributed by atoms with van der Waals surface area (Å²) in [5, 5.41) is 9.23. The van der Waals surface area contributed by atoms with Gasteiger partial charge < -0.3 is 20.7 Å². The number of aliphatic imine (C=N–C) groups is 1. The van der Waals surface area contributed by atoms with Crippen LogP contribution in [0.25, 0.3) is 0 Å². The van der Waals surface area contributed by atoms with Crippen molar-refractivity contribution in [1.29, 1.82) is 0 Å². The smallest absolute Gasteiger partial charge is 0.251 e. The second-order valence-electron chi connectivity index (χ2n) is 4.80. The Morgan fingerprint density at radius 2 is 2.00 bits per heavy atom. The molecule has 1 aromatic rings. The highest BCUT2D eigenvalue weighted by atomic mass is 127. The van der Waals surface area contributed by atoms with Gasteiger partial charge in [0.15, 0.2) is 5.96 Å². The van der Waals surface area contributed by atoms with Gasteiger partial charge in [-0.05, 0) is 31.5 Å². The van der Waals surface area contributed by atoms with Gasteiger partial charge >= 0.3 is 0 Å². The third-order valence-corrected chi connectivity index (χ3v) is 3.40. The highest BCUT2D eigenvalue weighted by molar-refractivity contribution is 14.0. The van der Waals surface area contributed by atoms with Crippen molar-refractivity contribution in [2.24, 2.45) is 4.99 Å². The maximum absolute atomic E-state index is 12.0. The molecule has 0 heterocycles. The fourth-order valence-electron chi connectivity index (χ4n) is 1.83. The Hall–Kier alpha value is -0.870. The van der Waals surface area contributed by atoms with Gasteiger partial charge in [-0.3, -0.25) is 9.79 Å². The van der Waals surface area contributed by atoms with Gasteiger partial charge in [0.25, 0.3) is 5.91 Å². The van der Waals surface area contributed by atoms with Crippen LogP contribution in [0.2, 0.25) is 0 Å². The van der Waals surface area contributed by atoms with Crippen molar-refractivity contribution in [2.45, 2.75) is 13.3 Å². The molecule has 6 nitrogen and oxygen atoms in total. The quantitative estimate of drug-likeness (QED) is 0.205. The number of amides is 1. The minimum atomic E-state index is -0.0878. The molecule has 0 spiro atoms. The van der Waals surface area contributed by atoms with Gasteiger partial charge in [-0.1, -0.05) is 22.0 Å². The number of ether oxygens (including phenoxy) is 1. The van der Waals surface area contributed by atoms with Crippen LogP contribution < -0.4 is 16.0 Å². The molecule has 3 N–H and O–H groups in total. The van der Waals surface area contributed by atoms with Crippen molar-refractivity contribution in [1.82, 2.24) is 16.0 Å². The van der Waals surface area contributed by atoms with Crippen LogP contribution in [0.5, 0.6) is 0 Å². The highest BCUT2D eigenvalue weighted by Gasteiger charge is 2.04. The molecule has 0 saturated heterocycles. The number of guanidine groups is 1. The molecule has 0 fully saturated rings. The average Bonchev–Trinajstić information content (AvgIpc) is 2.55. The molecule has 0 aliphatic carbocycles. The maximum Gasteiger partial charge on any atom is 0.251 e. The number of methoxy groups -OCH3 is 1. The third kappa shape index (κ3) is 10.1. The van der Waals surface area contributed by atoms with Crippen molar-refractivity contribution in [3.63, 3.8) is 0 Å². The molecule has 0 aromatic heterocycles. The van der Waals surface area contributed by atoms with E-state index in [9.17, 15) is 4.79 Å². The lowest BCUT2D eigenvalue weighted by Gasteiger charge is -2.12. The standard InChI is InChI=1S/C16H25BrN4O2.HI/c1-3-18-16(20-8-5-11-23-2)21-10-9-19-15(22)13-6-4-7-14(17)12-13;/h4,6-7,12H,3,5,8-11H2,1-2H3,(H,19,22)(H2,18,20,21);1H. The molecular formula is C16H26BrIN4O2. The number of nitrogens with zero attached hydrogens (tertiary/aromatic N) is 1. The first kappa shape index (κ1) is 23.1. The minimum absolute atomic E-state index is 0. The first-order valence-electron chi connectivity index (χ1n) is 7.72. The van der Waals surface area contributed by atoms with Gasteiger partial charge in [0, 0.05) is 49.9 Å². The molecule has 1 aromatic carbocycles. The van der Waals surface area contributed by atoms with Crippen molar-refractivity contribution < 1.29 is 9.53 Å². The van der Waals surface area contributed by atoms with E-state index in [1.54, 1.807) is 19.2 Å². The van der Waals surface area contributed by atoms with Crippen LogP contribution in [0.4, 0.5) is 0 Å². The first-order chi connectivity index (χ1) is 11.2. The second-order valence-corrected chi connectivity index (χ2v) is 5.72. The molecule has 136 valence electrons. The van der Waals surface area contributed by atoms with E-state index < -0.39 is 0 Å². The largest absolute Gasteiger partial charge is 0.385 e. The van der Waals surface area contributed by atoms with Gasteiger partial charge in [-0.2, -0.15) is 0 Å². The second kappa shape index (κ2) is 14.5. The summed E-state index contributed by atoms with van der Waals surface area (Å²) < 4.78 is 5.89. The predicted molar refractivity (Wildman–Crippen MR) is 112 cm³/mol. The third-order valence-electron chi connectivity index (χ3n) is 2.91. The Balaban J connectivity index is 0.00000529. The normalized spacial score (nSPS) is 10.7. The van der Waals surface area contributed by atoms with E-state index in [-0.39, 0.29) is 29.9 Å². The fraction of sp³-hybridized carbons (Fsp3) is 0.500. The molecular weight excluding hydrogens is 487 g/mol. The number of halogens is 2. The van der Waals surface area contributed by atoms with Gasteiger partial charge in [-0.25, -0.2) is 0 Å². The summed E-state index contributed by atoms with van der Waals surface area (Å²) in [7, 11) is 1.68. The van der Waals surface area contributed by atoms with Crippen LogP contribution in [0, 0.1) is 0 Å². The first-order valence-corrected chi connectivity index (χ1v) is 8.51. The van der Waals surface area contributed by atoms with E-state index in [2.05, 4.69) is 36.9 Å². The topological polar surface area (TPSA) is 74.8 Å². The van der Waals surface area contributed by atoms with Crippen LogP contribution in [0.3, 0.4) is 0 Å². The molecule has 0 aliphatic rings. The molecule has 0 unspecified atom stereocenters. The number of benzene rings is 1. The van der Waals surface area contributed by atoms with Gasteiger partial charge in [-0.15, -0.1) is 24.0 Å².